The van der Waals surface area contributed by atoms with E-state index < -0.39 is 10.0 Å². The summed E-state index contributed by atoms with van der Waals surface area (Å²) in [6.07, 6.45) is 0. The fourth-order valence-corrected chi connectivity index (χ4v) is 4.65. The summed E-state index contributed by atoms with van der Waals surface area (Å²) in [5.74, 6) is 1.23. The van der Waals surface area contributed by atoms with E-state index >= 15 is 0 Å². The number of sulfonamides is 1. The largest absolute Gasteiger partial charge is 0.497 e. The number of piperazine rings is 1. The van der Waals surface area contributed by atoms with Gasteiger partial charge in [0.05, 0.1) is 25.2 Å². The van der Waals surface area contributed by atoms with Crippen molar-refractivity contribution < 1.29 is 22.7 Å². The molecule has 1 aliphatic heterocycles. The van der Waals surface area contributed by atoms with Crippen molar-refractivity contribution in [3.63, 3.8) is 0 Å². The van der Waals surface area contributed by atoms with Gasteiger partial charge in [-0.05, 0) is 55.5 Å². The van der Waals surface area contributed by atoms with Gasteiger partial charge in [0, 0.05) is 31.9 Å². The summed E-state index contributed by atoms with van der Waals surface area (Å²) in [6, 6.07) is 13.6. The molecule has 0 unspecified atom stereocenters. The maximum Gasteiger partial charge on any atom is 0.243 e. The summed E-state index contributed by atoms with van der Waals surface area (Å²) in [5, 5.41) is 2.86. The zero-order valence-electron chi connectivity index (χ0n) is 17.2. The minimum Gasteiger partial charge on any atom is -0.497 e. The zero-order chi connectivity index (χ0) is 21.6. The molecule has 30 heavy (non-hydrogen) atoms. The van der Waals surface area contributed by atoms with E-state index in [0.29, 0.717) is 44.2 Å². The number of anilines is 1. The highest BCUT2D eigenvalue weighted by molar-refractivity contribution is 7.89. The molecule has 1 fully saturated rings. The van der Waals surface area contributed by atoms with E-state index in [4.69, 9.17) is 9.47 Å². The van der Waals surface area contributed by atoms with Crippen LogP contribution < -0.4 is 14.8 Å². The first-order valence-electron chi connectivity index (χ1n) is 9.81. The van der Waals surface area contributed by atoms with E-state index in [-0.39, 0.29) is 17.3 Å². The molecule has 0 aromatic heterocycles. The highest BCUT2D eigenvalue weighted by atomic mass is 32.2. The van der Waals surface area contributed by atoms with Crippen molar-refractivity contribution in [2.75, 3.05) is 51.8 Å². The molecule has 3 rings (SSSR count). The second-order valence-corrected chi connectivity index (χ2v) is 8.80. The van der Waals surface area contributed by atoms with Gasteiger partial charge in [0.25, 0.3) is 0 Å². The topological polar surface area (TPSA) is 88.2 Å². The van der Waals surface area contributed by atoms with Crippen LogP contribution in [0.15, 0.2) is 53.4 Å². The third kappa shape index (κ3) is 5.50. The quantitative estimate of drug-likeness (QED) is 0.686. The van der Waals surface area contributed by atoms with Crippen LogP contribution in [0.4, 0.5) is 5.69 Å². The fourth-order valence-electron chi connectivity index (χ4n) is 3.23. The van der Waals surface area contributed by atoms with E-state index in [2.05, 4.69) is 5.32 Å². The van der Waals surface area contributed by atoms with Gasteiger partial charge in [0.1, 0.15) is 11.5 Å². The van der Waals surface area contributed by atoms with Gasteiger partial charge in [0.15, 0.2) is 0 Å². The number of carbonyl (C=O) groups is 1. The van der Waals surface area contributed by atoms with Crippen LogP contribution in [-0.4, -0.2) is 70.0 Å². The van der Waals surface area contributed by atoms with Gasteiger partial charge in [-0.2, -0.15) is 4.31 Å². The van der Waals surface area contributed by atoms with Gasteiger partial charge in [-0.1, -0.05) is 0 Å². The number of hydrogen-bond donors (Lipinski definition) is 1. The molecule has 2 aromatic rings. The first kappa shape index (κ1) is 22.1. The smallest absolute Gasteiger partial charge is 0.243 e. The number of ether oxygens (including phenoxy) is 2. The molecular formula is C21H27N3O5S. The Balaban J connectivity index is 1.50. The summed E-state index contributed by atoms with van der Waals surface area (Å²) in [7, 11) is -2.02. The SMILES string of the molecule is CCOc1ccc(NC(=O)CN2CCN(S(=O)(=O)c3ccc(OC)cc3)CC2)cc1. The Morgan fingerprint density at radius 2 is 1.57 bits per heavy atom. The van der Waals surface area contributed by atoms with Crippen LogP contribution in [0, 0.1) is 0 Å². The lowest BCUT2D eigenvalue weighted by atomic mass is 10.3. The maximum atomic E-state index is 12.8. The second-order valence-electron chi connectivity index (χ2n) is 6.86. The minimum atomic E-state index is -3.56. The summed E-state index contributed by atoms with van der Waals surface area (Å²) in [6.45, 7) is 4.38. The first-order chi connectivity index (χ1) is 14.4. The predicted molar refractivity (Wildman–Crippen MR) is 114 cm³/mol. The molecule has 1 amide bonds. The molecule has 1 aliphatic rings. The number of hydrogen-bond acceptors (Lipinski definition) is 6. The number of methoxy groups -OCH3 is 1. The van der Waals surface area contributed by atoms with Crippen molar-refractivity contribution in [1.29, 1.82) is 0 Å². The highest BCUT2D eigenvalue weighted by Gasteiger charge is 2.29. The molecule has 0 radical (unpaired) electrons. The molecule has 0 spiro atoms. The van der Waals surface area contributed by atoms with Crippen molar-refractivity contribution in [2.24, 2.45) is 0 Å². The number of benzene rings is 2. The average molecular weight is 434 g/mol. The van der Waals surface area contributed by atoms with Gasteiger partial charge in [-0.25, -0.2) is 8.42 Å². The van der Waals surface area contributed by atoms with Crippen LogP contribution in [-0.2, 0) is 14.8 Å². The molecule has 1 saturated heterocycles. The monoisotopic (exact) mass is 433 g/mol. The van der Waals surface area contributed by atoms with Crippen molar-refractivity contribution in [3.8, 4) is 11.5 Å². The van der Waals surface area contributed by atoms with Crippen LogP contribution in [0.2, 0.25) is 0 Å². The summed E-state index contributed by atoms with van der Waals surface area (Å²) in [5.41, 5.74) is 0.698. The lowest BCUT2D eigenvalue weighted by molar-refractivity contribution is -0.117. The number of nitrogens with one attached hydrogen (secondary N) is 1. The third-order valence-electron chi connectivity index (χ3n) is 4.84. The van der Waals surface area contributed by atoms with Gasteiger partial charge in [0.2, 0.25) is 15.9 Å². The highest BCUT2D eigenvalue weighted by Crippen LogP contribution is 2.21. The molecule has 2 aromatic carbocycles. The van der Waals surface area contributed by atoms with E-state index in [1.807, 2.05) is 24.0 Å². The molecule has 1 N–H and O–H groups in total. The van der Waals surface area contributed by atoms with Crippen molar-refractivity contribution >= 4 is 21.6 Å². The second kappa shape index (κ2) is 9.92. The third-order valence-corrected chi connectivity index (χ3v) is 6.76. The maximum absolute atomic E-state index is 12.8. The summed E-state index contributed by atoms with van der Waals surface area (Å²) < 4.78 is 37.5. The molecule has 162 valence electrons. The van der Waals surface area contributed by atoms with E-state index in [9.17, 15) is 13.2 Å². The minimum absolute atomic E-state index is 0.134. The van der Waals surface area contributed by atoms with E-state index in [1.165, 1.54) is 11.4 Å². The van der Waals surface area contributed by atoms with Gasteiger partial charge < -0.3 is 14.8 Å². The number of rotatable bonds is 8. The van der Waals surface area contributed by atoms with Crippen molar-refractivity contribution in [3.05, 3.63) is 48.5 Å². The average Bonchev–Trinajstić information content (AvgIpc) is 2.75. The molecule has 9 heteroatoms. The molecular weight excluding hydrogens is 406 g/mol. The lowest BCUT2D eigenvalue weighted by Crippen LogP contribution is -2.50. The number of amides is 1. The Labute approximate surface area is 177 Å². The summed E-state index contributed by atoms with van der Waals surface area (Å²) in [4.78, 5) is 14.5. The molecule has 0 bridgehead atoms. The lowest BCUT2D eigenvalue weighted by Gasteiger charge is -2.33. The Morgan fingerprint density at radius 3 is 2.13 bits per heavy atom. The Morgan fingerprint density at radius 1 is 0.967 bits per heavy atom. The zero-order valence-corrected chi connectivity index (χ0v) is 18.0. The molecule has 0 aliphatic carbocycles. The van der Waals surface area contributed by atoms with Crippen molar-refractivity contribution in [1.82, 2.24) is 9.21 Å². The molecule has 1 heterocycles. The summed E-state index contributed by atoms with van der Waals surface area (Å²) >= 11 is 0. The fraction of sp³-hybridized carbons (Fsp3) is 0.381. The predicted octanol–water partition coefficient (Wildman–Crippen LogP) is 2.04. The van der Waals surface area contributed by atoms with Crippen LogP contribution in [0.25, 0.3) is 0 Å². The molecule has 0 saturated carbocycles. The van der Waals surface area contributed by atoms with Crippen LogP contribution >= 0.6 is 0 Å². The van der Waals surface area contributed by atoms with Gasteiger partial charge in [-0.3, -0.25) is 9.69 Å². The Bertz CT molecular complexity index is 938. The van der Waals surface area contributed by atoms with Gasteiger partial charge >= 0.3 is 0 Å². The molecule has 8 nitrogen and oxygen atoms in total. The van der Waals surface area contributed by atoms with Crippen LogP contribution in [0.1, 0.15) is 6.92 Å². The van der Waals surface area contributed by atoms with E-state index in [1.54, 1.807) is 36.4 Å². The first-order valence-corrected chi connectivity index (χ1v) is 11.3. The van der Waals surface area contributed by atoms with Crippen LogP contribution in [0.3, 0.4) is 0 Å². The Hall–Kier alpha value is -2.62. The normalized spacial score (nSPS) is 15.5. The molecule has 0 atom stereocenters. The van der Waals surface area contributed by atoms with E-state index in [0.717, 1.165) is 5.75 Å². The number of carbonyl (C=O) groups excluding carboxylic acids is 1. The number of nitrogens with zero attached hydrogens (tertiary/aromatic N) is 2. The van der Waals surface area contributed by atoms with Crippen LogP contribution in [0.5, 0.6) is 11.5 Å². The van der Waals surface area contributed by atoms with Crippen molar-refractivity contribution in [2.45, 2.75) is 11.8 Å². The van der Waals surface area contributed by atoms with Gasteiger partial charge in [-0.15, -0.1) is 0 Å². The standard InChI is InChI=1S/C21H27N3O5S/c1-3-29-19-6-4-17(5-7-19)22-21(25)16-23-12-14-24(15-13-23)30(26,27)20-10-8-18(28-2)9-11-20/h4-11H,3,12-16H2,1-2H3,(H,22,25). The Kier molecular flexibility index (Phi) is 7.30.